The highest BCUT2D eigenvalue weighted by molar-refractivity contribution is 7.99. The Hall–Kier alpha value is -3.24. The van der Waals surface area contributed by atoms with Crippen LogP contribution in [0.5, 0.6) is 0 Å². The molecule has 6 nitrogen and oxygen atoms in total. The number of anilines is 1. The number of para-hydroxylation sites is 1. The van der Waals surface area contributed by atoms with Crippen molar-refractivity contribution in [3.05, 3.63) is 59.4 Å². The molecule has 7 heteroatoms. The zero-order chi connectivity index (χ0) is 20.8. The minimum atomic E-state index is -0.506. The number of carbonyl (C=O) groups excluding carboxylic acids is 2. The van der Waals surface area contributed by atoms with Gasteiger partial charge in [0.05, 0.1) is 30.2 Å². The van der Waals surface area contributed by atoms with Crippen molar-refractivity contribution >= 4 is 40.3 Å². The molecule has 2 aromatic carbocycles. The van der Waals surface area contributed by atoms with E-state index in [0.717, 1.165) is 32.6 Å². The molecule has 1 aromatic heterocycles. The van der Waals surface area contributed by atoms with Gasteiger partial charge in [-0.15, -0.1) is 11.8 Å². The fourth-order valence-corrected chi connectivity index (χ4v) is 3.54. The quantitative estimate of drug-likeness (QED) is 0.460. The molecule has 1 amide bonds. The Labute approximate surface area is 172 Å². The number of hydrogen-bond acceptors (Lipinski definition) is 6. The van der Waals surface area contributed by atoms with Crippen molar-refractivity contribution in [1.82, 2.24) is 0 Å². The first-order chi connectivity index (χ1) is 14.0. The number of nitriles is 1. The lowest BCUT2D eigenvalue weighted by Gasteiger charge is -2.10. The maximum Gasteiger partial charge on any atom is 0.310 e. The Kier molecular flexibility index (Phi) is 6.57. The molecule has 0 atom stereocenters. The SMILES string of the molecule is Cc1ccc2c(CC(=O)OCC(=O)Nc3ccccc3SCC#N)coc2c1C. The molecule has 0 unspecified atom stereocenters. The molecule has 0 saturated carbocycles. The van der Waals surface area contributed by atoms with Crippen LogP contribution in [0.4, 0.5) is 5.69 Å². The molecule has 0 radical (unpaired) electrons. The first-order valence-corrected chi connectivity index (χ1v) is 9.98. The summed E-state index contributed by atoms with van der Waals surface area (Å²) < 4.78 is 10.7. The van der Waals surface area contributed by atoms with E-state index in [-0.39, 0.29) is 18.8 Å². The van der Waals surface area contributed by atoms with Crippen molar-refractivity contribution < 1.29 is 18.7 Å². The lowest BCUT2D eigenvalue weighted by molar-refractivity contribution is -0.146. The van der Waals surface area contributed by atoms with Crippen LogP contribution in [0.2, 0.25) is 0 Å². The van der Waals surface area contributed by atoms with Gasteiger partial charge in [-0.3, -0.25) is 9.59 Å². The maximum atomic E-state index is 12.2. The number of nitrogens with zero attached hydrogens (tertiary/aromatic N) is 1. The number of furan rings is 1. The summed E-state index contributed by atoms with van der Waals surface area (Å²) in [6.45, 7) is 3.59. The second kappa shape index (κ2) is 9.30. The highest BCUT2D eigenvalue weighted by Crippen LogP contribution is 2.27. The number of benzene rings is 2. The number of thioether (sulfide) groups is 1. The van der Waals surface area contributed by atoms with Crippen molar-refractivity contribution in [2.24, 2.45) is 0 Å². The van der Waals surface area contributed by atoms with Gasteiger partial charge in [-0.2, -0.15) is 5.26 Å². The second-order valence-corrected chi connectivity index (χ2v) is 7.49. The Morgan fingerprint density at radius 3 is 2.79 bits per heavy atom. The number of amides is 1. The van der Waals surface area contributed by atoms with Gasteiger partial charge < -0.3 is 14.5 Å². The third kappa shape index (κ3) is 4.98. The minimum absolute atomic E-state index is 0.0252. The van der Waals surface area contributed by atoms with Crippen molar-refractivity contribution in [2.75, 3.05) is 17.7 Å². The normalized spacial score (nSPS) is 10.5. The third-order valence-corrected chi connectivity index (χ3v) is 5.43. The molecule has 0 spiro atoms. The van der Waals surface area contributed by atoms with Crippen LogP contribution >= 0.6 is 11.8 Å². The Morgan fingerprint density at radius 1 is 1.21 bits per heavy atom. The third-order valence-electron chi connectivity index (χ3n) is 4.49. The Bertz CT molecular complexity index is 1100. The second-order valence-electron chi connectivity index (χ2n) is 6.47. The van der Waals surface area contributed by atoms with Crippen LogP contribution in [-0.4, -0.2) is 24.2 Å². The van der Waals surface area contributed by atoms with E-state index in [4.69, 9.17) is 14.4 Å². The first kappa shape index (κ1) is 20.5. The fourth-order valence-electron chi connectivity index (χ4n) is 2.87. The standard InChI is InChI=1S/C22H20N2O4S/c1-14-7-8-17-16(12-28-22(17)15(14)2)11-21(26)27-13-20(25)24-18-5-3-4-6-19(18)29-10-9-23/h3-8,12H,10-11,13H2,1-2H3,(H,24,25). The van der Waals surface area contributed by atoms with Gasteiger partial charge in [0, 0.05) is 15.8 Å². The molecule has 148 valence electrons. The molecule has 1 N–H and O–H groups in total. The maximum absolute atomic E-state index is 12.2. The van der Waals surface area contributed by atoms with E-state index >= 15 is 0 Å². The summed E-state index contributed by atoms with van der Waals surface area (Å²) in [7, 11) is 0. The van der Waals surface area contributed by atoms with Gasteiger partial charge in [0.2, 0.25) is 0 Å². The van der Waals surface area contributed by atoms with E-state index in [1.54, 1.807) is 18.4 Å². The number of esters is 1. The average Bonchev–Trinajstić information content (AvgIpc) is 3.12. The summed E-state index contributed by atoms with van der Waals surface area (Å²) in [5.41, 5.74) is 4.23. The fraction of sp³-hybridized carbons (Fsp3) is 0.227. The summed E-state index contributed by atoms with van der Waals surface area (Å²) in [5.74, 6) is -0.667. The molecule has 0 bridgehead atoms. The van der Waals surface area contributed by atoms with Crippen molar-refractivity contribution in [3.63, 3.8) is 0 Å². The average molecular weight is 408 g/mol. The van der Waals surface area contributed by atoms with Gasteiger partial charge in [-0.1, -0.05) is 24.3 Å². The summed E-state index contributed by atoms with van der Waals surface area (Å²) in [5, 5.41) is 12.3. The van der Waals surface area contributed by atoms with E-state index in [9.17, 15) is 9.59 Å². The Morgan fingerprint density at radius 2 is 2.00 bits per heavy atom. The number of fused-ring (bicyclic) bond motifs is 1. The summed E-state index contributed by atoms with van der Waals surface area (Å²) >= 11 is 1.33. The summed E-state index contributed by atoms with van der Waals surface area (Å²) in [6.07, 6.45) is 1.58. The van der Waals surface area contributed by atoms with E-state index in [2.05, 4.69) is 11.4 Å². The number of hydrogen-bond donors (Lipinski definition) is 1. The van der Waals surface area contributed by atoms with Crippen LogP contribution in [0, 0.1) is 25.2 Å². The molecule has 0 aliphatic carbocycles. The first-order valence-electron chi connectivity index (χ1n) is 9.00. The van der Waals surface area contributed by atoms with Crippen molar-refractivity contribution in [1.29, 1.82) is 5.26 Å². The van der Waals surface area contributed by atoms with Crippen LogP contribution in [0.3, 0.4) is 0 Å². The number of carbonyl (C=O) groups is 2. The van der Waals surface area contributed by atoms with Gasteiger partial charge in [0.1, 0.15) is 5.58 Å². The van der Waals surface area contributed by atoms with Gasteiger partial charge in [-0.05, 0) is 37.1 Å². The molecule has 3 rings (SSSR count). The van der Waals surface area contributed by atoms with E-state index < -0.39 is 11.9 Å². The summed E-state index contributed by atoms with van der Waals surface area (Å²) in [6, 6.07) is 13.1. The molecule has 0 aliphatic rings. The zero-order valence-electron chi connectivity index (χ0n) is 16.2. The minimum Gasteiger partial charge on any atom is -0.464 e. The zero-order valence-corrected chi connectivity index (χ0v) is 17.0. The molecule has 1 heterocycles. The van der Waals surface area contributed by atoms with Crippen LogP contribution < -0.4 is 5.32 Å². The van der Waals surface area contributed by atoms with Gasteiger partial charge in [-0.25, -0.2) is 0 Å². The van der Waals surface area contributed by atoms with E-state index in [1.807, 2.05) is 38.1 Å². The number of rotatable bonds is 7. The topological polar surface area (TPSA) is 92.3 Å². The molecular formula is C22H20N2O4S. The van der Waals surface area contributed by atoms with Crippen LogP contribution in [-0.2, 0) is 20.7 Å². The largest absolute Gasteiger partial charge is 0.464 e. The van der Waals surface area contributed by atoms with Crippen LogP contribution in [0.25, 0.3) is 11.0 Å². The number of nitrogens with one attached hydrogen (secondary N) is 1. The van der Waals surface area contributed by atoms with E-state index in [0.29, 0.717) is 5.69 Å². The van der Waals surface area contributed by atoms with Gasteiger partial charge in [0.25, 0.3) is 5.91 Å². The Balaban J connectivity index is 1.57. The van der Waals surface area contributed by atoms with E-state index in [1.165, 1.54) is 11.8 Å². The molecular weight excluding hydrogens is 388 g/mol. The lowest BCUT2D eigenvalue weighted by atomic mass is 10.0. The predicted molar refractivity (Wildman–Crippen MR) is 112 cm³/mol. The molecule has 3 aromatic rings. The summed E-state index contributed by atoms with van der Waals surface area (Å²) in [4.78, 5) is 25.1. The lowest BCUT2D eigenvalue weighted by Crippen LogP contribution is -2.21. The van der Waals surface area contributed by atoms with Gasteiger partial charge >= 0.3 is 5.97 Å². The van der Waals surface area contributed by atoms with Crippen molar-refractivity contribution in [3.8, 4) is 6.07 Å². The highest BCUT2D eigenvalue weighted by Gasteiger charge is 2.15. The number of ether oxygens (including phenoxy) is 1. The predicted octanol–water partition coefficient (Wildman–Crippen LogP) is 4.39. The molecule has 0 aliphatic heterocycles. The van der Waals surface area contributed by atoms with Crippen LogP contribution in [0.15, 0.2) is 52.0 Å². The van der Waals surface area contributed by atoms with Gasteiger partial charge in [0.15, 0.2) is 6.61 Å². The molecule has 0 saturated heterocycles. The van der Waals surface area contributed by atoms with Crippen molar-refractivity contribution in [2.45, 2.75) is 25.2 Å². The van der Waals surface area contributed by atoms with Crippen LogP contribution in [0.1, 0.15) is 16.7 Å². The highest BCUT2D eigenvalue weighted by atomic mass is 32.2. The monoisotopic (exact) mass is 408 g/mol. The number of aryl methyl sites for hydroxylation is 2. The molecule has 29 heavy (non-hydrogen) atoms. The molecule has 0 fully saturated rings. The smallest absolute Gasteiger partial charge is 0.310 e.